The van der Waals surface area contributed by atoms with Crippen LogP contribution in [0.1, 0.15) is 24.2 Å². The number of nitrogens with zero attached hydrogens (tertiary/aromatic N) is 1. The summed E-state index contributed by atoms with van der Waals surface area (Å²) < 4.78 is 16.1. The number of rotatable bonds is 5. The molecule has 0 radical (unpaired) electrons. The van der Waals surface area contributed by atoms with Crippen molar-refractivity contribution in [2.24, 2.45) is 0 Å². The van der Waals surface area contributed by atoms with Crippen molar-refractivity contribution in [1.29, 1.82) is 0 Å². The maximum atomic E-state index is 12.5. The number of benzene rings is 2. The Balaban J connectivity index is 1.72. The van der Waals surface area contributed by atoms with Gasteiger partial charge in [-0.2, -0.15) is 0 Å². The standard InChI is InChI=1S/C21H26N2O4/c1-14-12-27-13-15(2)23(14)18-8-6-17(7-9-18)22-21(24)16-5-10-19(25-3)20(11-16)26-4/h5-11,14-15H,12-13H2,1-4H3,(H,22,24). The van der Waals surface area contributed by atoms with Gasteiger partial charge in [0, 0.05) is 29.0 Å². The van der Waals surface area contributed by atoms with Crippen molar-refractivity contribution in [3.8, 4) is 11.5 Å². The highest BCUT2D eigenvalue weighted by Gasteiger charge is 2.25. The fourth-order valence-electron chi connectivity index (χ4n) is 3.41. The van der Waals surface area contributed by atoms with E-state index in [1.54, 1.807) is 32.4 Å². The van der Waals surface area contributed by atoms with E-state index in [4.69, 9.17) is 14.2 Å². The maximum absolute atomic E-state index is 12.5. The maximum Gasteiger partial charge on any atom is 0.255 e. The molecule has 0 aliphatic carbocycles. The van der Waals surface area contributed by atoms with Gasteiger partial charge in [0.25, 0.3) is 5.91 Å². The summed E-state index contributed by atoms with van der Waals surface area (Å²) in [6.07, 6.45) is 0. The van der Waals surface area contributed by atoms with Crippen LogP contribution in [0.4, 0.5) is 11.4 Å². The smallest absolute Gasteiger partial charge is 0.255 e. The highest BCUT2D eigenvalue weighted by Crippen LogP contribution is 2.28. The van der Waals surface area contributed by atoms with E-state index in [0.29, 0.717) is 29.1 Å². The van der Waals surface area contributed by atoms with Gasteiger partial charge in [0.2, 0.25) is 0 Å². The predicted octanol–water partition coefficient (Wildman–Crippen LogP) is 3.57. The molecule has 1 aliphatic rings. The van der Waals surface area contributed by atoms with Crippen LogP contribution in [0.2, 0.25) is 0 Å². The second-order valence-corrected chi connectivity index (χ2v) is 6.71. The zero-order valence-electron chi connectivity index (χ0n) is 16.2. The Bertz CT molecular complexity index is 781. The van der Waals surface area contributed by atoms with Gasteiger partial charge in [-0.05, 0) is 56.3 Å². The van der Waals surface area contributed by atoms with E-state index in [9.17, 15) is 4.79 Å². The molecule has 1 amide bonds. The first kappa shape index (κ1) is 19.0. The van der Waals surface area contributed by atoms with Crippen molar-refractivity contribution < 1.29 is 19.0 Å². The minimum absolute atomic E-state index is 0.197. The molecule has 1 N–H and O–H groups in total. The number of methoxy groups -OCH3 is 2. The van der Waals surface area contributed by atoms with Crippen molar-refractivity contribution in [1.82, 2.24) is 0 Å². The Hall–Kier alpha value is -2.73. The molecule has 0 aromatic heterocycles. The quantitative estimate of drug-likeness (QED) is 0.872. The molecule has 1 heterocycles. The van der Waals surface area contributed by atoms with Gasteiger partial charge in [-0.15, -0.1) is 0 Å². The van der Waals surface area contributed by atoms with Gasteiger partial charge in [-0.25, -0.2) is 0 Å². The number of nitrogens with one attached hydrogen (secondary N) is 1. The highest BCUT2D eigenvalue weighted by atomic mass is 16.5. The third kappa shape index (κ3) is 4.17. The number of carbonyl (C=O) groups is 1. The van der Waals surface area contributed by atoms with E-state index < -0.39 is 0 Å². The molecule has 0 spiro atoms. The average molecular weight is 370 g/mol. The average Bonchev–Trinajstić information content (AvgIpc) is 2.68. The van der Waals surface area contributed by atoms with E-state index in [1.807, 2.05) is 24.3 Å². The lowest BCUT2D eigenvalue weighted by molar-refractivity contribution is 0.0757. The Morgan fingerprint density at radius 1 is 1.00 bits per heavy atom. The van der Waals surface area contributed by atoms with Crippen molar-refractivity contribution in [3.63, 3.8) is 0 Å². The first-order valence-corrected chi connectivity index (χ1v) is 9.03. The minimum Gasteiger partial charge on any atom is -0.493 e. The molecule has 1 fully saturated rings. The molecule has 6 nitrogen and oxygen atoms in total. The monoisotopic (exact) mass is 370 g/mol. The zero-order valence-corrected chi connectivity index (χ0v) is 16.2. The summed E-state index contributed by atoms with van der Waals surface area (Å²) in [5.74, 6) is 0.916. The molecule has 0 saturated carbocycles. The van der Waals surface area contributed by atoms with Crippen LogP contribution in [0.15, 0.2) is 42.5 Å². The Labute approximate surface area is 160 Å². The number of hydrogen-bond donors (Lipinski definition) is 1. The Morgan fingerprint density at radius 2 is 1.63 bits per heavy atom. The second-order valence-electron chi connectivity index (χ2n) is 6.71. The summed E-state index contributed by atoms with van der Waals surface area (Å²) >= 11 is 0. The van der Waals surface area contributed by atoms with Crippen LogP contribution >= 0.6 is 0 Å². The molecule has 2 aromatic rings. The molecular formula is C21H26N2O4. The minimum atomic E-state index is -0.197. The molecule has 144 valence electrons. The zero-order chi connectivity index (χ0) is 19.4. The fraction of sp³-hybridized carbons (Fsp3) is 0.381. The number of anilines is 2. The normalized spacial score (nSPS) is 19.5. The molecule has 0 bridgehead atoms. The van der Waals surface area contributed by atoms with E-state index in [2.05, 4.69) is 24.1 Å². The lowest BCUT2D eigenvalue weighted by Gasteiger charge is -2.40. The first-order chi connectivity index (χ1) is 13.0. The summed E-state index contributed by atoms with van der Waals surface area (Å²) in [7, 11) is 3.11. The first-order valence-electron chi connectivity index (χ1n) is 9.03. The van der Waals surface area contributed by atoms with E-state index >= 15 is 0 Å². The van der Waals surface area contributed by atoms with Gasteiger partial charge in [-0.3, -0.25) is 4.79 Å². The van der Waals surface area contributed by atoms with E-state index in [-0.39, 0.29) is 5.91 Å². The summed E-state index contributed by atoms with van der Waals surface area (Å²) in [5, 5.41) is 2.92. The van der Waals surface area contributed by atoms with Crippen LogP contribution in [0.5, 0.6) is 11.5 Å². The Morgan fingerprint density at radius 3 is 2.22 bits per heavy atom. The highest BCUT2D eigenvalue weighted by molar-refractivity contribution is 6.04. The molecule has 2 atom stereocenters. The van der Waals surface area contributed by atoms with Crippen LogP contribution in [-0.4, -0.2) is 45.4 Å². The summed E-state index contributed by atoms with van der Waals surface area (Å²) in [4.78, 5) is 14.9. The van der Waals surface area contributed by atoms with Crippen molar-refractivity contribution in [3.05, 3.63) is 48.0 Å². The summed E-state index contributed by atoms with van der Waals surface area (Å²) in [6, 6.07) is 13.6. The summed E-state index contributed by atoms with van der Waals surface area (Å²) in [5.41, 5.74) is 2.38. The molecule has 1 aliphatic heterocycles. The largest absolute Gasteiger partial charge is 0.493 e. The predicted molar refractivity (Wildman–Crippen MR) is 106 cm³/mol. The second kappa shape index (κ2) is 8.31. The lowest BCUT2D eigenvalue weighted by Crippen LogP contribution is -2.49. The molecule has 2 unspecified atom stereocenters. The number of carbonyl (C=O) groups excluding carboxylic acids is 1. The summed E-state index contributed by atoms with van der Waals surface area (Å²) in [6.45, 7) is 5.76. The molecule has 1 saturated heterocycles. The molecule has 2 aromatic carbocycles. The van der Waals surface area contributed by atoms with Crippen molar-refractivity contribution >= 4 is 17.3 Å². The van der Waals surface area contributed by atoms with E-state index in [1.165, 1.54) is 0 Å². The fourth-order valence-corrected chi connectivity index (χ4v) is 3.41. The number of hydrogen-bond acceptors (Lipinski definition) is 5. The molecular weight excluding hydrogens is 344 g/mol. The lowest BCUT2D eigenvalue weighted by atomic mass is 10.1. The number of morpholine rings is 1. The van der Waals surface area contributed by atoms with Crippen molar-refractivity contribution in [2.45, 2.75) is 25.9 Å². The number of ether oxygens (including phenoxy) is 3. The van der Waals surface area contributed by atoms with Crippen LogP contribution in [0.25, 0.3) is 0 Å². The topological polar surface area (TPSA) is 60.0 Å². The van der Waals surface area contributed by atoms with Gasteiger partial charge in [-0.1, -0.05) is 0 Å². The molecule has 3 rings (SSSR count). The van der Waals surface area contributed by atoms with Gasteiger partial charge >= 0.3 is 0 Å². The number of amides is 1. The van der Waals surface area contributed by atoms with Gasteiger partial charge in [0.05, 0.1) is 27.4 Å². The Kier molecular flexibility index (Phi) is 5.86. The van der Waals surface area contributed by atoms with Crippen LogP contribution in [-0.2, 0) is 4.74 Å². The van der Waals surface area contributed by atoms with Crippen molar-refractivity contribution in [2.75, 3.05) is 37.7 Å². The molecule has 27 heavy (non-hydrogen) atoms. The third-order valence-electron chi connectivity index (χ3n) is 4.74. The molecule has 6 heteroatoms. The van der Waals surface area contributed by atoms with Gasteiger partial charge in [0.15, 0.2) is 11.5 Å². The SMILES string of the molecule is COc1ccc(C(=O)Nc2ccc(N3C(C)COCC3C)cc2)cc1OC. The van der Waals surface area contributed by atoms with Crippen LogP contribution < -0.4 is 19.7 Å². The van der Waals surface area contributed by atoms with Crippen LogP contribution in [0, 0.1) is 0 Å². The third-order valence-corrected chi connectivity index (χ3v) is 4.74. The van der Waals surface area contributed by atoms with Gasteiger partial charge < -0.3 is 24.4 Å². The van der Waals surface area contributed by atoms with Crippen LogP contribution in [0.3, 0.4) is 0 Å². The van der Waals surface area contributed by atoms with E-state index in [0.717, 1.165) is 24.6 Å². The van der Waals surface area contributed by atoms with Gasteiger partial charge in [0.1, 0.15) is 0 Å².